The highest BCUT2D eigenvalue weighted by Gasteiger charge is 2.14. The number of methoxy groups -OCH3 is 1. The summed E-state index contributed by atoms with van der Waals surface area (Å²) < 4.78 is 37.8. The Labute approximate surface area is 153 Å². The van der Waals surface area contributed by atoms with Gasteiger partial charge in [0.25, 0.3) is 15.9 Å². The van der Waals surface area contributed by atoms with E-state index in [2.05, 4.69) is 10.0 Å². The lowest BCUT2D eigenvalue weighted by Crippen LogP contribution is -2.29. The minimum Gasteiger partial charge on any atom is -0.497 e. The summed E-state index contributed by atoms with van der Waals surface area (Å²) in [5, 5.41) is 2.69. The van der Waals surface area contributed by atoms with E-state index in [9.17, 15) is 13.2 Å². The lowest BCUT2D eigenvalue weighted by molar-refractivity contribution is -0.123. The highest BCUT2D eigenvalue weighted by molar-refractivity contribution is 7.92. The van der Waals surface area contributed by atoms with E-state index in [1.807, 2.05) is 6.92 Å². The van der Waals surface area contributed by atoms with Crippen LogP contribution < -0.4 is 19.5 Å². The van der Waals surface area contributed by atoms with E-state index in [0.29, 0.717) is 23.7 Å². The molecule has 2 aromatic rings. The summed E-state index contributed by atoms with van der Waals surface area (Å²) in [5.74, 6) is 0.746. The van der Waals surface area contributed by atoms with Crippen LogP contribution in [0.5, 0.6) is 11.5 Å². The molecule has 0 fully saturated rings. The van der Waals surface area contributed by atoms with Crippen LogP contribution in [0, 0.1) is 0 Å². The normalized spacial score (nSPS) is 10.8. The topological polar surface area (TPSA) is 93.7 Å². The van der Waals surface area contributed by atoms with Crippen molar-refractivity contribution in [2.24, 2.45) is 0 Å². The quantitative estimate of drug-likeness (QED) is 0.699. The molecule has 2 rings (SSSR count). The van der Waals surface area contributed by atoms with E-state index in [1.54, 1.807) is 24.3 Å². The van der Waals surface area contributed by atoms with Crippen LogP contribution in [0.4, 0.5) is 5.69 Å². The van der Waals surface area contributed by atoms with Crippen molar-refractivity contribution in [1.82, 2.24) is 5.32 Å². The van der Waals surface area contributed by atoms with Gasteiger partial charge in [0.1, 0.15) is 11.5 Å². The summed E-state index contributed by atoms with van der Waals surface area (Å²) in [6.07, 6.45) is 0.846. The predicted molar refractivity (Wildman–Crippen MR) is 99.0 cm³/mol. The maximum Gasteiger partial charge on any atom is 0.261 e. The van der Waals surface area contributed by atoms with E-state index >= 15 is 0 Å². The third-order valence-corrected chi connectivity index (χ3v) is 4.80. The van der Waals surface area contributed by atoms with E-state index in [0.717, 1.165) is 6.42 Å². The predicted octanol–water partition coefficient (Wildman–Crippen LogP) is 2.40. The zero-order valence-corrected chi connectivity index (χ0v) is 15.5. The summed E-state index contributed by atoms with van der Waals surface area (Å²) in [6.45, 7) is 2.43. The van der Waals surface area contributed by atoms with E-state index in [-0.39, 0.29) is 17.4 Å². The average molecular weight is 378 g/mol. The zero-order valence-electron chi connectivity index (χ0n) is 14.7. The molecular weight excluding hydrogens is 356 g/mol. The summed E-state index contributed by atoms with van der Waals surface area (Å²) in [5.41, 5.74) is 0.400. The Hall–Kier alpha value is -2.74. The lowest BCUT2D eigenvalue weighted by atomic mass is 10.3. The average Bonchev–Trinajstić information content (AvgIpc) is 2.64. The monoisotopic (exact) mass is 378 g/mol. The highest BCUT2D eigenvalue weighted by Crippen LogP contribution is 2.22. The van der Waals surface area contributed by atoms with Crippen molar-refractivity contribution < 1.29 is 22.7 Å². The zero-order chi connectivity index (χ0) is 19.0. The van der Waals surface area contributed by atoms with Gasteiger partial charge in [-0.15, -0.1) is 0 Å². The number of hydrogen-bond donors (Lipinski definition) is 2. The molecule has 7 nitrogen and oxygen atoms in total. The van der Waals surface area contributed by atoms with Gasteiger partial charge >= 0.3 is 0 Å². The van der Waals surface area contributed by atoms with Crippen LogP contribution in [0.1, 0.15) is 13.3 Å². The van der Waals surface area contributed by atoms with Gasteiger partial charge in [-0.05, 0) is 42.8 Å². The Kier molecular flexibility index (Phi) is 6.85. The molecular formula is C18H22N2O5S. The third-order valence-electron chi connectivity index (χ3n) is 3.40. The number of benzene rings is 2. The summed E-state index contributed by atoms with van der Waals surface area (Å²) >= 11 is 0. The second kappa shape index (κ2) is 9.10. The largest absolute Gasteiger partial charge is 0.497 e. The van der Waals surface area contributed by atoms with E-state index in [4.69, 9.17) is 9.47 Å². The van der Waals surface area contributed by atoms with Crippen LogP contribution in [0.15, 0.2) is 53.4 Å². The van der Waals surface area contributed by atoms with Crippen LogP contribution in [0.2, 0.25) is 0 Å². The van der Waals surface area contributed by atoms with Gasteiger partial charge in [0.05, 0.1) is 17.7 Å². The first-order valence-corrected chi connectivity index (χ1v) is 9.59. The Morgan fingerprint density at radius 3 is 2.46 bits per heavy atom. The fourth-order valence-electron chi connectivity index (χ4n) is 2.08. The number of ether oxygens (including phenoxy) is 2. The van der Waals surface area contributed by atoms with E-state index in [1.165, 1.54) is 31.4 Å². The Morgan fingerprint density at radius 1 is 1.08 bits per heavy atom. The van der Waals surface area contributed by atoms with Gasteiger partial charge in [0.2, 0.25) is 0 Å². The first-order chi connectivity index (χ1) is 12.4. The van der Waals surface area contributed by atoms with Crippen molar-refractivity contribution in [2.75, 3.05) is 25.0 Å². The van der Waals surface area contributed by atoms with Crippen molar-refractivity contribution in [1.29, 1.82) is 0 Å². The smallest absolute Gasteiger partial charge is 0.261 e. The fourth-order valence-corrected chi connectivity index (χ4v) is 3.13. The fraction of sp³-hybridized carbons (Fsp3) is 0.278. The molecule has 1 amide bonds. The summed E-state index contributed by atoms with van der Waals surface area (Å²) in [7, 11) is -2.23. The molecule has 2 aromatic carbocycles. The van der Waals surface area contributed by atoms with Crippen LogP contribution in [-0.4, -0.2) is 34.6 Å². The maximum atomic E-state index is 12.4. The molecule has 0 heterocycles. The number of nitrogens with one attached hydrogen (secondary N) is 2. The number of hydrogen-bond acceptors (Lipinski definition) is 5. The first-order valence-electron chi connectivity index (χ1n) is 8.11. The van der Waals surface area contributed by atoms with Crippen LogP contribution in [0.3, 0.4) is 0 Å². The van der Waals surface area contributed by atoms with Gasteiger partial charge in [-0.3, -0.25) is 9.52 Å². The van der Waals surface area contributed by atoms with Crippen LogP contribution >= 0.6 is 0 Å². The second-order valence-electron chi connectivity index (χ2n) is 5.45. The minimum absolute atomic E-state index is 0.0862. The maximum absolute atomic E-state index is 12.4. The van der Waals surface area contributed by atoms with Crippen molar-refractivity contribution in [3.63, 3.8) is 0 Å². The molecule has 0 bridgehead atoms. The van der Waals surface area contributed by atoms with Gasteiger partial charge in [-0.1, -0.05) is 13.0 Å². The molecule has 26 heavy (non-hydrogen) atoms. The lowest BCUT2D eigenvalue weighted by Gasteiger charge is -2.10. The first kappa shape index (κ1) is 19.6. The Morgan fingerprint density at radius 2 is 1.81 bits per heavy atom. The molecule has 0 atom stereocenters. The highest BCUT2D eigenvalue weighted by atomic mass is 32.2. The SMILES string of the molecule is CCCNC(=O)COc1ccc(S(=O)(=O)Nc2cccc(OC)c2)cc1. The van der Waals surface area contributed by atoms with E-state index < -0.39 is 10.0 Å². The molecule has 0 aliphatic rings. The third kappa shape index (κ3) is 5.66. The number of carbonyl (C=O) groups is 1. The Bertz CT molecular complexity index is 835. The van der Waals surface area contributed by atoms with Gasteiger partial charge in [0, 0.05) is 12.6 Å². The molecule has 0 aliphatic carbocycles. The minimum atomic E-state index is -3.74. The molecule has 2 N–H and O–H groups in total. The summed E-state index contributed by atoms with van der Waals surface area (Å²) in [4.78, 5) is 11.6. The number of carbonyl (C=O) groups excluding carboxylic acids is 1. The Balaban J connectivity index is 2.00. The van der Waals surface area contributed by atoms with Crippen molar-refractivity contribution in [3.05, 3.63) is 48.5 Å². The molecule has 0 saturated heterocycles. The van der Waals surface area contributed by atoms with Crippen LogP contribution in [-0.2, 0) is 14.8 Å². The van der Waals surface area contributed by atoms with Crippen molar-refractivity contribution >= 4 is 21.6 Å². The van der Waals surface area contributed by atoms with Crippen molar-refractivity contribution in [3.8, 4) is 11.5 Å². The molecule has 0 spiro atoms. The number of sulfonamides is 1. The number of amides is 1. The molecule has 0 aromatic heterocycles. The number of anilines is 1. The molecule has 0 radical (unpaired) electrons. The standard InChI is InChI=1S/C18H22N2O5S/c1-3-11-19-18(21)13-25-15-7-9-17(10-8-15)26(22,23)20-14-5-4-6-16(12-14)24-2/h4-10,12,20H,3,11,13H2,1-2H3,(H,19,21). The second-order valence-corrected chi connectivity index (χ2v) is 7.13. The van der Waals surface area contributed by atoms with Gasteiger partial charge in [0.15, 0.2) is 6.61 Å². The molecule has 140 valence electrons. The van der Waals surface area contributed by atoms with Crippen molar-refractivity contribution in [2.45, 2.75) is 18.2 Å². The molecule has 0 unspecified atom stereocenters. The molecule has 8 heteroatoms. The van der Waals surface area contributed by atoms with Gasteiger partial charge in [-0.2, -0.15) is 0 Å². The van der Waals surface area contributed by atoms with Gasteiger partial charge < -0.3 is 14.8 Å². The molecule has 0 saturated carbocycles. The molecule has 0 aliphatic heterocycles. The van der Waals surface area contributed by atoms with Crippen LogP contribution in [0.25, 0.3) is 0 Å². The number of rotatable bonds is 9. The van der Waals surface area contributed by atoms with Gasteiger partial charge in [-0.25, -0.2) is 8.42 Å². The summed E-state index contributed by atoms with van der Waals surface area (Å²) in [6, 6.07) is 12.5.